The second-order valence-corrected chi connectivity index (χ2v) is 7.59. The van der Waals surface area contributed by atoms with Crippen LogP contribution in [0.3, 0.4) is 0 Å². The first kappa shape index (κ1) is 21.4. The smallest absolute Gasteiger partial charge is 0.216 e. The number of oxazole rings is 1. The van der Waals surface area contributed by atoms with Crippen molar-refractivity contribution in [1.82, 2.24) is 25.4 Å². The zero-order valence-electron chi connectivity index (χ0n) is 18.6. The molecule has 4 rings (SSSR count). The number of rotatable bonds is 7. The molecule has 0 amide bonds. The lowest BCUT2D eigenvalue weighted by molar-refractivity contribution is 0.508. The van der Waals surface area contributed by atoms with Gasteiger partial charge in [-0.1, -0.05) is 42.0 Å². The van der Waals surface area contributed by atoms with E-state index in [1.807, 2.05) is 48.1 Å². The molecule has 0 radical (unpaired) electrons. The van der Waals surface area contributed by atoms with Crippen molar-refractivity contribution in [2.75, 3.05) is 6.54 Å². The zero-order valence-corrected chi connectivity index (χ0v) is 18.6. The number of hydrogen-bond donors (Lipinski definition) is 2. The number of nitrogens with one attached hydrogen (secondary N) is 2. The van der Waals surface area contributed by atoms with Gasteiger partial charge >= 0.3 is 0 Å². The molecule has 0 fully saturated rings. The Balaban J connectivity index is 1.44. The highest BCUT2D eigenvalue weighted by Crippen LogP contribution is 2.21. The maximum absolute atomic E-state index is 5.90. The Morgan fingerprint density at radius 3 is 2.75 bits per heavy atom. The molecule has 2 aromatic heterocycles. The van der Waals surface area contributed by atoms with E-state index in [-0.39, 0.29) is 6.04 Å². The fourth-order valence-electron chi connectivity index (χ4n) is 3.35. The predicted molar refractivity (Wildman–Crippen MR) is 127 cm³/mol. The molecule has 2 aromatic carbocycles. The predicted octanol–water partition coefficient (Wildman–Crippen LogP) is 4.65. The van der Waals surface area contributed by atoms with Crippen LogP contribution in [0.15, 0.2) is 82.6 Å². The normalized spacial score (nSPS) is 12.5. The Labute approximate surface area is 188 Å². The van der Waals surface area contributed by atoms with Crippen LogP contribution in [0.2, 0.25) is 0 Å². The van der Waals surface area contributed by atoms with Gasteiger partial charge in [0.1, 0.15) is 6.54 Å². The number of aromatic nitrogens is 3. The fourth-order valence-corrected chi connectivity index (χ4v) is 3.35. The summed E-state index contributed by atoms with van der Waals surface area (Å²) in [5.41, 5.74) is 4.38. The van der Waals surface area contributed by atoms with Crippen molar-refractivity contribution < 1.29 is 4.42 Å². The third kappa shape index (κ3) is 5.24. The third-order valence-corrected chi connectivity index (χ3v) is 5.10. The van der Waals surface area contributed by atoms with Gasteiger partial charge in [0.2, 0.25) is 5.89 Å². The summed E-state index contributed by atoms with van der Waals surface area (Å²) in [6.45, 7) is 7.32. The first-order chi connectivity index (χ1) is 15.6. The molecular weight excluding hydrogens is 400 g/mol. The van der Waals surface area contributed by atoms with Gasteiger partial charge in [0.05, 0.1) is 17.9 Å². The Morgan fingerprint density at radius 2 is 2.00 bits per heavy atom. The molecule has 164 valence electrons. The number of aliphatic imine (C=N–C) groups is 1. The van der Waals surface area contributed by atoms with E-state index in [1.54, 1.807) is 12.4 Å². The van der Waals surface area contributed by atoms with Gasteiger partial charge in [-0.3, -0.25) is 0 Å². The van der Waals surface area contributed by atoms with E-state index in [1.165, 1.54) is 5.56 Å². The minimum Gasteiger partial charge on any atom is -0.439 e. The highest BCUT2D eigenvalue weighted by Gasteiger charge is 2.11. The molecule has 0 bridgehead atoms. The van der Waals surface area contributed by atoms with Gasteiger partial charge in [0, 0.05) is 24.5 Å². The molecule has 7 nitrogen and oxygen atoms in total. The molecule has 32 heavy (non-hydrogen) atoms. The van der Waals surface area contributed by atoms with Crippen molar-refractivity contribution in [3.05, 3.63) is 90.2 Å². The van der Waals surface area contributed by atoms with E-state index < -0.39 is 0 Å². The van der Waals surface area contributed by atoms with E-state index in [9.17, 15) is 0 Å². The summed E-state index contributed by atoms with van der Waals surface area (Å²) < 4.78 is 7.75. The van der Waals surface area contributed by atoms with E-state index in [4.69, 9.17) is 4.42 Å². The van der Waals surface area contributed by atoms with E-state index in [0.717, 1.165) is 29.1 Å². The van der Waals surface area contributed by atoms with Gasteiger partial charge in [-0.15, -0.1) is 0 Å². The van der Waals surface area contributed by atoms with E-state index in [0.29, 0.717) is 18.4 Å². The molecule has 0 saturated heterocycles. The quantitative estimate of drug-likeness (QED) is 0.331. The van der Waals surface area contributed by atoms with Crippen molar-refractivity contribution in [3.8, 4) is 17.0 Å². The second kappa shape index (κ2) is 9.96. The zero-order chi connectivity index (χ0) is 22.3. The van der Waals surface area contributed by atoms with E-state index in [2.05, 4.69) is 63.8 Å². The second-order valence-electron chi connectivity index (χ2n) is 7.59. The van der Waals surface area contributed by atoms with Gasteiger partial charge in [-0.25, -0.2) is 14.7 Å². The molecule has 2 heterocycles. The average Bonchev–Trinajstić information content (AvgIpc) is 3.51. The first-order valence-electron chi connectivity index (χ1n) is 10.8. The average molecular weight is 429 g/mol. The molecule has 2 N–H and O–H groups in total. The number of benzene rings is 2. The van der Waals surface area contributed by atoms with Crippen molar-refractivity contribution in [2.24, 2.45) is 4.99 Å². The number of guanidine groups is 1. The topological polar surface area (TPSA) is 80.3 Å². The molecule has 0 aliphatic carbocycles. The summed E-state index contributed by atoms with van der Waals surface area (Å²) in [6, 6.07) is 18.4. The van der Waals surface area contributed by atoms with Crippen LogP contribution >= 0.6 is 0 Å². The Bertz CT molecular complexity index is 1160. The maximum Gasteiger partial charge on any atom is 0.216 e. The Morgan fingerprint density at radius 1 is 1.16 bits per heavy atom. The Hall–Kier alpha value is -3.87. The summed E-state index contributed by atoms with van der Waals surface area (Å²) in [5.74, 6) is 2.03. The largest absolute Gasteiger partial charge is 0.439 e. The molecular formula is C25H28N6O. The van der Waals surface area contributed by atoms with Crippen molar-refractivity contribution in [1.29, 1.82) is 0 Å². The standard InChI is InChI=1S/C25H28N6O/c1-4-26-25(28-17-24-27-16-23(32-24)20-11-9-18(2)10-12-20)30-19(3)21-7-5-8-22(15-21)31-14-6-13-29-31/h5-16,19H,4,17H2,1-3H3,(H2,26,28,30). The van der Waals surface area contributed by atoms with Crippen LogP contribution in [0.1, 0.15) is 36.9 Å². The van der Waals surface area contributed by atoms with Crippen LogP contribution < -0.4 is 10.6 Å². The van der Waals surface area contributed by atoms with Crippen LogP contribution in [0, 0.1) is 6.92 Å². The summed E-state index contributed by atoms with van der Waals surface area (Å²) >= 11 is 0. The highest BCUT2D eigenvalue weighted by molar-refractivity contribution is 5.80. The van der Waals surface area contributed by atoms with E-state index >= 15 is 0 Å². The van der Waals surface area contributed by atoms with Crippen molar-refractivity contribution in [3.63, 3.8) is 0 Å². The SMILES string of the molecule is CCNC(=NCc1ncc(-c2ccc(C)cc2)o1)NC(C)c1cccc(-n2cccn2)c1. The molecule has 4 aromatic rings. The summed E-state index contributed by atoms with van der Waals surface area (Å²) in [6.07, 6.45) is 5.46. The van der Waals surface area contributed by atoms with Gasteiger partial charge in [-0.2, -0.15) is 5.10 Å². The van der Waals surface area contributed by atoms with Crippen molar-refractivity contribution >= 4 is 5.96 Å². The van der Waals surface area contributed by atoms with Crippen LogP contribution in [0.25, 0.3) is 17.0 Å². The van der Waals surface area contributed by atoms with Crippen LogP contribution in [-0.4, -0.2) is 27.3 Å². The van der Waals surface area contributed by atoms with Crippen LogP contribution in [-0.2, 0) is 6.54 Å². The first-order valence-corrected chi connectivity index (χ1v) is 10.8. The number of hydrogen-bond acceptors (Lipinski definition) is 4. The van der Waals surface area contributed by atoms with Crippen molar-refractivity contribution in [2.45, 2.75) is 33.4 Å². The van der Waals surface area contributed by atoms with Crippen LogP contribution in [0.4, 0.5) is 0 Å². The van der Waals surface area contributed by atoms with Gasteiger partial charge in [-0.05, 0) is 44.5 Å². The van der Waals surface area contributed by atoms with Gasteiger partial charge < -0.3 is 15.1 Å². The molecule has 0 aliphatic rings. The Kier molecular flexibility index (Phi) is 6.65. The number of nitrogens with zero attached hydrogens (tertiary/aromatic N) is 4. The lowest BCUT2D eigenvalue weighted by Crippen LogP contribution is -2.38. The van der Waals surface area contributed by atoms with Gasteiger partial charge in [0.15, 0.2) is 11.7 Å². The molecule has 0 aliphatic heterocycles. The summed E-state index contributed by atoms with van der Waals surface area (Å²) in [4.78, 5) is 9.05. The third-order valence-electron chi connectivity index (χ3n) is 5.10. The summed E-state index contributed by atoms with van der Waals surface area (Å²) in [5, 5.41) is 11.1. The van der Waals surface area contributed by atoms with Crippen LogP contribution in [0.5, 0.6) is 0 Å². The fraction of sp³-hybridized carbons (Fsp3) is 0.240. The lowest BCUT2D eigenvalue weighted by Gasteiger charge is -2.18. The molecule has 7 heteroatoms. The number of aryl methyl sites for hydroxylation is 1. The minimum atomic E-state index is 0.0518. The molecule has 0 saturated carbocycles. The van der Waals surface area contributed by atoms with Gasteiger partial charge in [0.25, 0.3) is 0 Å². The highest BCUT2D eigenvalue weighted by atomic mass is 16.4. The lowest BCUT2D eigenvalue weighted by atomic mass is 10.1. The monoisotopic (exact) mass is 428 g/mol. The molecule has 1 unspecified atom stereocenters. The molecule has 1 atom stereocenters. The minimum absolute atomic E-state index is 0.0518. The molecule has 0 spiro atoms. The summed E-state index contributed by atoms with van der Waals surface area (Å²) in [7, 11) is 0. The maximum atomic E-state index is 5.90.